The minimum absolute atomic E-state index is 0.101. The summed E-state index contributed by atoms with van der Waals surface area (Å²) in [5.41, 5.74) is 1.33. The van der Waals surface area contributed by atoms with Crippen molar-refractivity contribution in [3.8, 4) is 0 Å². The van der Waals surface area contributed by atoms with Crippen molar-refractivity contribution in [1.82, 2.24) is 24.6 Å². The van der Waals surface area contributed by atoms with Crippen LogP contribution < -0.4 is 10.6 Å². The van der Waals surface area contributed by atoms with Gasteiger partial charge >= 0.3 is 6.03 Å². The molecule has 0 saturated carbocycles. The molecule has 1 aliphatic rings. The number of anilines is 1. The van der Waals surface area contributed by atoms with Crippen LogP contribution in [0.25, 0.3) is 11.2 Å². The van der Waals surface area contributed by atoms with Crippen LogP contribution in [-0.2, 0) is 10.0 Å². The normalized spacial score (nSPS) is 22.5. The van der Waals surface area contributed by atoms with E-state index < -0.39 is 10.0 Å². The summed E-state index contributed by atoms with van der Waals surface area (Å²) < 4.78 is 24.9. The summed E-state index contributed by atoms with van der Waals surface area (Å²) in [7, 11) is -3.20. The van der Waals surface area contributed by atoms with Gasteiger partial charge in [0.15, 0.2) is 11.5 Å². The first kappa shape index (κ1) is 17.6. The van der Waals surface area contributed by atoms with Gasteiger partial charge in [0, 0.05) is 25.3 Å². The standard InChI is InChI=1S/C15H22N6O3S/c1-10-4-7-21(25(2,23)24)8-5-11(10)19-15(22)20-13-9-17-14-12(18-13)3-6-16-14/h3,6,9-11H,4-5,7-8H2,1-2H3,(H,16,17)(H2,18,19,20,22)/t10-,11+/m1/s1. The fourth-order valence-electron chi connectivity index (χ4n) is 2.99. The number of amides is 2. The number of aromatic nitrogens is 3. The van der Waals surface area contributed by atoms with Crippen molar-refractivity contribution in [2.24, 2.45) is 5.92 Å². The first-order chi connectivity index (χ1) is 11.8. The number of sulfonamides is 1. The Morgan fingerprint density at radius 1 is 1.36 bits per heavy atom. The van der Waals surface area contributed by atoms with E-state index in [4.69, 9.17) is 0 Å². The Morgan fingerprint density at radius 2 is 2.12 bits per heavy atom. The Hall–Kier alpha value is -2.20. The lowest BCUT2D eigenvalue weighted by Crippen LogP contribution is -2.42. The second-order valence-electron chi connectivity index (χ2n) is 6.39. The third kappa shape index (κ3) is 4.26. The molecule has 10 heteroatoms. The van der Waals surface area contributed by atoms with Crippen LogP contribution in [0.1, 0.15) is 19.8 Å². The molecule has 0 aliphatic carbocycles. The molecule has 0 unspecified atom stereocenters. The van der Waals surface area contributed by atoms with Crippen molar-refractivity contribution < 1.29 is 13.2 Å². The first-order valence-corrected chi connectivity index (χ1v) is 10.0. The maximum Gasteiger partial charge on any atom is 0.320 e. The van der Waals surface area contributed by atoms with Crippen molar-refractivity contribution in [2.75, 3.05) is 24.7 Å². The number of carbonyl (C=O) groups excluding carboxylic acids is 1. The zero-order valence-electron chi connectivity index (χ0n) is 14.2. The first-order valence-electron chi connectivity index (χ1n) is 8.15. The second kappa shape index (κ2) is 6.96. The number of hydrogen-bond donors (Lipinski definition) is 3. The molecule has 0 spiro atoms. The van der Waals surface area contributed by atoms with Gasteiger partial charge in [-0.15, -0.1) is 0 Å². The Morgan fingerprint density at radius 3 is 2.88 bits per heavy atom. The van der Waals surface area contributed by atoms with E-state index in [0.717, 1.165) is 0 Å². The van der Waals surface area contributed by atoms with Gasteiger partial charge in [-0.2, -0.15) is 0 Å². The van der Waals surface area contributed by atoms with E-state index in [9.17, 15) is 13.2 Å². The lowest BCUT2D eigenvalue weighted by molar-refractivity contribution is 0.242. The van der Waals surface area contributed by atoms with Gasteiger partial charge in [-0.25, -0.2) is 27.5 Å². The highest BCUT2D eigenvalue weighted by Crippen LogP contribution is 2.19. The van der Waals surface area contributed by atoms with Gasteiger partial charge in [0.05, 0.1) is 12.5 Å². The van der Waals surface area contributed by atoms with E-state index in [1.54, 1.807) is 12.3 Å². The van der Waals surface area contributed by atoms with E-state index in [-0.39, 0.29) is 18.0 Å². The molecule has 1 aliphatic heterocycles. The van der Waals surface area contributed by atoms with Crippen LogP contribution >= 0.6 is 0 Å². The summed E-state index contributed by atoms with van der Waals surface area (Å²) >= 11 is 0. The lowest BCUT2D eigenvalue weighted by Gasteiger charge is -2.22. The summed E-state index contributed by atoms with van der Waals surface area (Å²) in [6, 6.07) is 1.31. The number of nitrogens with zero attached hydrogens (tertiary/aromatic N) is 3. The lowest BCUT2D eigenvalue weighted by atomic mass is 9.97. The maximum atomic E-state index is 12.3. The number of urea groups is 1. The van der Waals surface area contributed by atoms with Crippen LogP contribution in [0.15, 0.2) is 18.5 Å². The molecule has 2 amide bonds. The molecule has 9 nitrogen and oxygen atoms in total. The Bertz CT molecular complexity index is 865. The molecule has 25 heavy (non-hydrogen) atoms. The smallest absolute Gasteiger partial charge is 0.320 e. The maximum absolute atomic E-state index is 12.3. The van der Waals surface area contributed by atoms with E-state index in [0.29, 0.717) is 42.9 Å². The van der Waals surface area contributed by atoms with Crippen molar-refractivity contribution in [3.05, 3.63) is 18.5 Å². The Kier molecular flexibility index (Phi) is 4.91. The molecule has 1 saturated heterocycles. The van der Waals surface area contributed by atoms with Gasteiger partial charge < -0.3 is 10.3 Å². The summed E-state index contributed by atoms with van der Waals surface area (Å²) in [5.74, 6) is 0.541. The molecule has 3 N–H and O–H groups in total. The Balaban J connectivity index is 1.61. The fraction of sp³-hybridized carbons (Fsp3) is 0.533. The van der Waals surface area contributed by atoms with Crippen LogP contribution in [0.2, 0.25) is 0 Å². The third-order valence-electron chi connectivity index (χ3n) is 4.50. The number of hydrogen-bond acceptors (Lipinski definition) is 5. The fourth-order valence-corrected chi connectivity index (χ4v) is 3.86. The van der Waals surface area contributed by atoms with Gasteiger partial charge in [-0.1, -0.05) is 6.92 Å². The van der Waals surface area contributed by atoms with Gasteiger partial charge in [0.1, 0.15) is 5.52 Å². The topological polar surface area (TPSA) is 120 Å². The van der Waals surface area contributed by atoms with Crippen LogP contribution in [0.3, 0.4) is 0 Å². The number of fused-ring (bicyclic) bond motifs is 1. The van der Waals surface area contributed by atoms with Gasteiger partial charge in [-0.3, -0.25) is 5.32 Å². The quantitative estimate of drug-likeness (QED) is 0.752. The Labute approximate surface area is 146 Å². The van der Waals surface area contributed by atoms with Crippen molar-refractivity contribution in [3.63, 3.8) is 0 Å². The molecule has 136 valence electrons. The highest BCUT2D eigenvalue weighted by molar-refractivity contribution is 7.88. The average Bonchev–Trinajstić information content (AvgIpc) is 2.91. The van der Waals surface area contributed by atoms with E-state index in [1.165, 1.54) is 16.8 Å². The SMILES string of the molecule is C[C@@H]1CCN(S(C)(=O)=O)CC[C@@H]1NC(=O)Nc1cnc2[nH]ccc2n1. The molecule has 2 aromatic heterocycles. The van der Waals surface area contributed by atoms with Crippen LogP contribution in [-0.4, -0.2) is 59.1 Å². The average molecular weight is 366 g/mol. The third-order valence-corrected chi connectivity index (χ3v) is 5.80. The summed E-state index contributed by atoms with van der Waals surface area (Å²) in [4.78, 5) is 23.7. The van der Waals surface area contributed by atoms with Gasteiger partial charge in [0.25, 0.3) is 0 Å². The molecule has 2 atom stereocenters. The van der Waals surface area contributed by atoms with Gasteiger partial charge in [-0.05, 0) is 24.8 Å². The van der Waals surface area contributed by atoms with Crippen LogP contribution in [0.5, 0.6) is 0 Å². The van der Waals surface area contributed by atoms with Crippen molar-refractivity contribution in [2.45, 2.75) is 25.8 Å². The van der Waals surface area contributed by atoms with Gasteiger partial charge in [0.2, 0.25) is 10.0 Å². The highest BCUT2D eigenvalue weighted by atomic mass is 32.2. The predicted octanol–water partition coefficient (Wildman–Crippen LogP) is 1.14. The largest absolute Gasteiger partial charge is 0.345 e. The summed E-state index contributed by atoms with van der Waals surface area (Å²) in [6.07, 6.45) is 5.71. The molecule has 0 radical (unpaired) electrons. The molecular formula is C15H22N6O3S. The van der Waals surface area contributed by atoms with Crippen molar-refractivity contribution in [1.29, 1.82) is 0 Å². The minimum atomic E-state index is -3.20. The molecule has 0 bridgehead atoms. The van der Waals surface area contributed by atoms with Crippen molar-refractivity contribution >= 4 is 33.0 Å². The zero-order valence-corrected chi connectivity index (χ0v) is 15.0. The van der Waals surface area contributed by atoms with E-state index in [2.05, 4.69) is 25.6 Å². The highest BCUT2D eigenvalue weighted by Gasteiger charge is 2.28. The monoisotopic (exact) mass is 366 g/mol. The van der Waals surface area contributed by atoms with E-state index in [1.807, 2.05) is 6.92 Å². The summed E-state index contributed by atoms with van der Waals surface area (Å²) in [6.45, 7) is 2.90. The molecule has 2 aromatic rings. The van der Waals surface area contributed by atoms with Crippen LogP contribution in [0, 0.1) is 5.92 Å². The van der Waals surface area contributed by atoms with Crippen LogP contribution in [0.4, 0.5) is 10.6 Å². The molecule has 0 aromatic carbocycles. The molecule has 3 heterocycles. The number of rotatable bonds is 3. The minimum Gasteiger partial charge on any atom is -0.345 e. The zero-order chi connectivity index (χ0) is 18.0. The summed E-state index contributed by atoms with van der Waals surface area (Å²) in [5, 5.41) is 5.61. The number of carbonyl (C=O) groups is 1. The number of H-pyrrole nitrogens is 1. The molecule has 3 rings (SSSR count). The van der Waals surface area contributed by atoms with E-state index >= 15 is 0 Å². The number of aromatic amines is 1. The predicted molar refractivity (Wildman–Crippen MR) is 94.6 cm³/mol. The second-order valence-corrected chi connectivity index (χ2v) is 8.37. The molecule has 1 fully saturated rings. The molecular weight excluding hydrogens is 344 g/mol. The number of nitrogens with one attached hydrogen (secondary N) is 3.